The van der Waals surface area contributed by atoms with Gasteiger partial charge >= 0.3 is 5.51 Å². The van der Waals surface area contributed by atoms with Gasteiger partial charge in [0.1, 0.15) is 17.0 Å². The molecule has 2 aliphatic rings. The molecule has 0 aliphatic carbocycles. The van der Waals surface area contributed by atoms with Crippen molar-refractivity contribution < 1.29 is 30.0 Å². The van der Waals surface area contributed by atoms with Gasteiger partial charge < -0.3 is 10.2 Å². The van der Waals surface area contributed by atoms with Crippen LogP contribution in [-0.4, -0.2) is 112 Å². The zero-order chi connectivity index (χ0) is 44.8. The molecule has 0 spiro atoms. The number of nitrogens with zero attached hydrogens (tertiary/aromatic N) is 5. The zero-order valence-corrected chi connectivity index (χ0v) is 38.3. The van der Waals surface area contributed by atoms with Gasteiger partial charge in [-0.25, -0.2) is 26.8 Å². The minimum Gasteiger partial charge on any atom is -0.380 e. The predicted molar refractivity (Wildman–Crippen MR) is 244 cm³/mol. The first-order valence-electron chi connectivity index (χ1n) is 20.8. The Balaban J connectivity index is 1.04. The smallest absolute Gasteiger partial charge is 0.380 e. The van der Waals surface area contributed by atoms with E-state index in [-0.39, 0.29) is 11.5 Å². The highest BCUT2D eigenvalue weighted by molar-refractivity contribution is 7.99. The number of halogens is 4. The lowest BCUT2D eigenvalue weighted by Gasteiger charge is -2.38. The lowest BCUT2D eigenvalue weighted by Crippen LogP contribution is -2.45. The topological polar surface area (TPSA) is 128 Å². The van der Waals surface area contributed by atoms with Crippen LogP contribution in [0.1, 0.15) is 36.1 Å². The average molecular weight is 943 g/mol. The van der Waals surface area contributed by atoms with Crippen LogP contribution in [0.3, 0.4) is 0 Å². The Kier molecular flexibility index (Phi) is 15.1. The molecule has 0 amide bonds. The third-order valence-corrected chi connectivity index (χ3v) is 15.8. The highest BCUT2D eigenvalue weighted by Gasteiger charge is 2.48. The van der Waals surface area contributed by atoms with Crippen LogP contribution in [0.2, 0.25) is 5.02 Å². The fourth-order valence-corrected chi connectivity index (χ4v) is 11.3. The van der Waals surface area contributed by atoms with Crippen molar-refractivity contribution in [1.82, 2.24) is 24.7 Å². The molecule has 2 N–H and O–H groups in total. The first kappa shape index (κ1) is 46.8. The van der Waals surface area contributed by atoms with Crippen LogP contribution in [0.5, 0.6) is 0 Å². The molecule has 0 radical (unpaired) electrons. The molecule has 0 saturated carbocycles. The van der Waals surface area contributed by atoms with Gasteiger partial charge in [0.2, 0.25) is 0 Å². The van der Waals surface area contributed by atoms with E-state index in [1.54, 1.807) is 0 Å². The number of thioether (sulfide) groups is 1. The molecule has 0 unspecified atom stereocenters. The molecular formula is C45H51ClF3N7O4S3. The largest absolute Gasteiger partial charge is 0.501 e. The number of rotatable bonds is 16. The molecule has 5 aromatic rings. The van der Waals surface area contributed by atoms with E-state index >= 15 is 0 Å². The van der Waals surface area contributed by atoms with Gasteiger partial charge in [-0.3, -0.25) is 14.5 Å². The Labute approximate surface area is 377 Å². The Morgan fingerprint density at radius 3 is 2.29 bits per heavy atom. The second-order valence-corrected chi connectivity index (χ2v) is 21.2. The van der Waals surface area contributed by atoms with Gasteiger partial charge in [0.05, 0.1) is 16.3 Å². The van der Waals surface area contributed by atoms with Gasteiger partial charge in [0.25, 0.3) is 19.9 Å². The van der Waals surface area contributed by atoms with Crippen molar-refractivity contribution >= 4 is 54.7 Å². The standard InChI is InChI=1S/C45H51ClF3N7O4S3/c1-54(2)23-18-35(30-61-37-9-4-3-5-10-37)52-42-17-16-38(28-43(42)62(57,58)45(47,48)49)63(59,60)53-44-40-21-26-56(27-22-41(40)50-31-51-44)36-19-24-55(25-20-36)29-33-8-6-7-11-39(33)32-12-14-34(46)15-13-32/h3-17,28,31,35-36,52H,18-27,29-30H2,1-2H3,(H,50,51,53)/t35-/m1/s1. The number of alkyl halides is 3. The SMILES string of the molecule is CN(C)CC[C@H](CSc1ccccc1)Nc1ccc(S(=O)(=O)Nc2ncnc3c2CCN(C2CCN(Cc4ccccc4-c4ccc(Cl)cc4)CC2)CC3)cc1S(=O)(=O)C(F)(F)F. The van der Waals surface area contributed by atoms with Gasteiger partial charge in [-0.05, 0) is 119 Å². The first-order chi connectivity index (χ1) is 30.1. The molecule has 63 heavy (non-hydrogen) atoms. The Hall–Kier alpha value is -4.23. The summed E-state index contributed by atoms with van der Waals surface area (Å²) >= 11 is 7.62. The monoisotopic (exact) mass is 941 g/mol. The summed E-state index contributed by atoms with van der Waals surface area (Å²) in [5, 5.41) is 3.71. The summed E-state index contributed by atoms with van der Waals surface area (Å²) in [6.45, 7) is 4.56. The molecule has 2 aliphatic heterocycles. The number of sulfone groups is 1. The Morgan fingerprint density at radius 1 is 0.873 bits per heavy atom. The van der Waals surface area contributed by atoms with Gasteiger partial charge in [-0.15, -0.1) is 11.8 Å². The molecular weight excluding hydrogens is 891 g/mol. The van der Waals surface area contributed by atoms with Crippen LogP contribution < -0.4 is 10.0 Å². The summed E-state index contributed by atoms with van der Waals surface area (Å²) in [5.41, 5.74) is -1.19. The molecule has 0 bridgehead atoms. The molecule has 4 aromatic carbocycles. The predicted octanol–water partition coefficient (Wildman–Crippen LogP) is 8.48. The molecule has 1 fully saturated rings. The summed E-state index contributed by atoms with van der Waals surface area (Å²) in [7, 11) is -6.90. The number of hydrogen-bond acceptors (Lipinski definition) is 11. The highest BCUT2D eigenvalue weighted by Crippen LogP contribution is 2.37. The maximum Gasteiger partial charge on any atom is 0.501 e. The summed E-state index contributed by atoms with van der Waals surface area (Å²) < 4.78 is 99.2. The Morgan fingerprint density at radius 2 is 1.57 bits per heavy atom. The number of anilines is 2. The van der Waals surface area contributed by atoms with E-state index < -0.39 is 41.2 Å². The maximum atomic E-state index is 14.2. The van der Waals surface area contributed by atoms with Gasteiger partial charge in [0.15, 0.2) is 0 Å². The number of benzene rings is 4. The van der Waals surface area contributed by atoms with Crippen LogP contribution in [0.4, 0.5) is 24.7 Å². The van der Waals surface area contributed by atoms with Crippen molar-refractivity contribution in [3.05, 3.63) is 125 Å². The van der Waals surface area contributed by atoms with Crippen LogP contribution >= 0.6 is 23.4 Å². The summed E-state index contributed by atoms with van der Waals surface area (Å²) in [6, 6.07) is 28.4. The first-order valence-corrected chi connectivity index (χ1v) is 25.1. The van der Waals surface area contributed by atoms with E-state index in [0.29, 0.717) is 73.0 Å². The highest BCUT2D eigenvalue weighted by atomic mass is 35.5. The van der Waals surface area contributed by atoms with Crippen molar-refractivity contribution in [3.8, 4) is 11.1 Å². The van der Waals surface area contributed by atoms with E-state index in [1.165, 1.54) is 29.2 Å². The minimum atomic E-state index is -5.99. The fourth-order valence-electron chi connectivity index (χ4n) is 8.12. The minimum absolute atomic E-state index is 0.0140. The van der Waals surface area contributed by atoms with Gasteiger partial charge in [-0.1, -0.05) is 66.2 Å². The zero-order valence-electron chi connectivity index (χ0n) is 35.1. The number of fused-ring (bicyclic) bond motifs is 1. The second kappa shape index (κ2) is 20.3. The summed E-state index contributed by atoms with van der Waals surface area (Å²) in [6.07, 6.45) is 4.64. The number of sulfonamides is 1. The van der Waals surface area contributed by atoms with Crippen molar-refractivity contribution in [1.29, 1.82) is 0 Å². The molecule has 3 heterocycles. The molecule has 7 rings (SSSR count). The van der Waals surface area contributed by atoms with E-state index in [4.69, 9.17) is 11.6 Å². The van der Waals surface area contributed by atoms with Crippen molar-refractivity contribution in [2.75, 3.05) is 62.6 Å². The number of piperidine rings is 1. The van der Waals surface area contributed by atoms with Gasteiger partial charge in [-0.2, -0.15) is 13.2 Å². The van der Waals surface area contributed by atoms with Crippen LogP contribution in [0.15, 0.2) is 118 Å². The molecule has 336 valence electrons. The third kappa shape index (κ3) is 11.7. The molecule has 18 heteroatoms. The number of nitrogens with one attached hydrogen (secondary N) is 2. The third-order valence-electron chi connectivity index (χ3n) is 11.5. The summed E-state index contributed by atoms with van der Waals surface area (Å²) in [4.78, 5) is 14.7. The number of likely N-dealkylation sites (tertiary alicyclic amines) is 1. The van der Waals surface area contributed by atoms with E-state index in [1.807, 2.05) is 79.7 Å². The quantitative estimate of drug-likeness (QED) is 0.0926. The van der Waals surface area contributed by atoms with Crippen LogP contribution in [0.25, 0.3) is 11.1 Å². The molecule has 11 nitrogen and oxygen atoms in total. The average Bonchev–Trinajstić information content (AvgIpc) is 3.49. The fraction of sp³-hybridized carbons (Fsp3) is 0.378. The van der Waals surface area contributed by atoms with Crippen molar-refractivity contribution in [3.63, 3.8) is 0 Å². The Bertz CT molecular complexity index is 2560. The lowest BCUT2D eigenvalue weighted by atomic mass is 9.97. The molecule has 1 aromatic heterocycles. The van der Waals surface area contributed by atoms with Crippen molar-refractivity contribution in [2.24, 2.45) is 0 Å². The number of hydrogen-bond donors (Lipinski definition) is 2. The van der Waals surface area contributed by atoms with E-state index in [2.05, 4.69) is 48.0 Å². The number of aromatic nitrogens is 2. The van der Waals surface area contributed by atoms with Gasteiger partial charge in [0, 0.05) is 59.4 Å². The van der Waals surface area contributed by atoms with Crippen LogP contribution in [0, 0.1) is 0 Å². The van der Waals surface area contributed by atoms with Crippen LogP contribution in [-0.2, 0) is 39.2 Å². The normalized spacial score (nSPS) is 16.4. The molecule has 1 atom stereocenters. The second-order valence-electron chi connectivity index (χ2n) is 16.1. The lowest BCUT2D eigenvalue weighted by molar-refractivity contribution is -0.0435. The summed E-state index contributed by atoms with van der Waals surface area (Å²) in [5.74, 6) is 0.418. The maximum absolute atomic E-state index is 14.2. The van der Waals surface area contributed by atoms with Crippen molar-refractivity contribution in [2.45, 2.75) is 70.9 Å². The molecule has 1 saturated heterocycles. The van der Waals surface area contributed by atoms with E-state index in [0.717, 1.165) is 55.1 Å². The van der Waals surface area contributed by atoms with E-state index in [9.17, 15) is 30.0 Å².